The SMILES string of the molecule is CC.Cc1ccc(-c2cccc(C(N)=O)c2)cc1. The van der Waals surface area contributed by atoms with Crippen LogP contribution in [0.15, 0.2) is 48.5 Å². The lowest BCUT2D eigenvalue weighted by atomic mass is 10.0. The Morgan fingerprint density at radius 1 is 0.944 bits per heavy atom. The van der Waals surface area contributed by atoms with Gasteiger partial charge in [-0.2, -0.15) is 0 Å². The molecule has 2 aromatic rings. The van der Waals surface area contributed by atoms with Gasteiger partial charge in [-0.15, -0.1) is 0 Å². The minimum atomic E-state index is -0.394. The summed E-state index contributed by atoms with van der Waals surface area (Å²) in [5, 5.41) is 0. The zero-order chi connectivity index (χ0) is 13.5. The fourth-order valence-electron chi connectivity index (χ4n) is 1.60. The molecule has 0 atom stereocenters. The Morgan fingerprint density at radius 2 is 1.56 bits per heavy atom. The van der Waals surface area contributed by atoms with E-state index in [1.807, 2.05) is 63.2 Å². The van der Waals surface area contributed by atoms with E-state index in [0.717, 1.165) is 11.1 Å². The largest absolute Gasteiger partial charge is 0.366 e. The molecule has 18 heavy (non-hydrogen) atoms. The maximum atomic E-state index is 11.1. The molecule has 1 amide bonds. The van der Waals surface area contributed by atoms with Crippen molar-refractivity contribution in [2.45, 2.75) is 20.8 Å². The number of hydrogen-bond acceptors (Lipinski definition) is 1. The van der Waals surface area contributed by atoms with E-state index < -0.39 is 5.91 Å². The van der Waals surface area contributed by atoms with E-state index in [1.165, 1.54) is 5.56 Å². The van der Waals surface area contributed by atoms with E-state index in [-0.39, 0.29) is 0 Å². The first-order valence-electron chi connectivity index (χ1n) is 6.14. The maximum Gasteiger partial charge on any atom is 0.248 e. The van der Waals surface area contributed by atoms with Gasteiger partial charge in [0.2, 0.25) is 5.91 Å². The van der Waals surface area contributed by atoms with Crippen LogP contribution in [0.2, 0.25) is 0 Å². The molecule has 2 rings (SSSR count). The van der Waals surface area contributed by atoms with Gasteiger partial charge in [-0.1, -0.05) is 55.8 Å². The highest BCUT2D eigenvalue weighted by Crippen LogP contribution is 2.20. The second-order valence-corrected chi connectivity index (χ2v) is 3.81. The number of benzene rings is 2. The Labute approximate surface area is 108 Å². The van der Waals surface area contributed by atoms with Gasteiger partial charge in [-0.25, -0.2) is 0 Å². The third-order valence-electron chi connectivity index (χ3n) is 2.53. The first-order chi connectivity index (χ1) is 8.66. The summed E-state index contributed by atoms with van der Waals surface area (Å²) in [5.74, 6) is -0.394. The smallest absolute Gasteiger partial charge is 0.248 e. The van der Waals surface area contributed by atoms with Gasteiger partial charge in [0.15, 0.2) is 0 Å². The summed E-state index contributed by atoms with van der Waals surface area (Å²) in [6.07, 6.45) is 0. The zero-order valence-electron chi connectivity index (χ0n) is 11.1. The van der Waals surface area contributed by atoms with Crippen LogP contribution in [-0.2, 0) is 0 Å². The summed E-state index contributed by atoms with van der Waals surface area (Å²) in [7, 11) is 0. The minimum absolute atomic E-state index is 0.394. The minimum Gasteiger partial charge on any atom is -0.366 e. The van der Waals surface area contributed by atoms with Crippen molar-refractivity contribution in [2.24, 2.45) is 5.73 Å². The lowest BCUT2D eigenvalue weighted by molar-refractivity contribution is 0.100. The van der Waals surface area contributed by atoms with E-state index in [9.17, 15) is 4.79 Å². The molecule has 0 aromatic heterocycles. The van der Waals surface area contributed by atoms with Crippen molar-refractivity contribution in [1.82, 2.24) is 0 Å². The summed E-state index contributed by atoms with van der Waals surface area (Å²) in [5.41, 5.74) is 9.11. The fourth-order valence-corrected chi connectivity index (χ4v) is 1.60. The zero-order valence-corrected chi connectivity index (χ0v) is 11.1. The molecule has 0 aliphatic heterocycles. The lowest BCUT2D eigenvalue weighted by Gasteiger charge is -2.03. The Kier molecular flexibility index (Phi) is 5.12. The molecule has 0 aliphatic rings. The monoisotopic (exact) mass is 241 g/mol. The highest BCUT2D eigenvalue weighted by Gasteiger charge is 2.02. The van der Waals surface area contributed by atoms with Crippen molar-refractivity contribution in [3.05, 3.63) is 59.7 Å². The number of rotatable bonds is 2. The van der Waals surface area contributed by atoms with Crippen LogP contribution in [0.3, 0.4) is 0 Å². The number of carbonyl (C=O) groups excluding carboxylic acids is 1. The van der Waals surface area contributed by atoms with Crippen LogP contribution in [0.1, 0.15) is 29.8 Å². The molecule has 2 heteroatoms. The summed E-state index contributed by atoms with van der Waals surface area (Å²) in [6.45, 7) is 6.05. The number of nitrogens with two attached hydrogens (primary N) is 1. The molecule has 2 N–H and O–H groups in total. The van der Waals surface area contributed by atoms with Crippen LogP contribution in [0, 0.1) is 6.92 Å². The standard InChI is InChI=1S/C14H13NO.C2H6/c1-10-5-7-11(8-6-10)12-3-2-4-13(9-12)14(15)16;1-2/h2-9H,1H3,(H2,15,16);1-2H3. The summed E-state index contributed by atoms with van der Waals surface area (Å²) in [6, 6.07) is 15.5. The summed E-state index contributed by atoms with van der Waals surface area (Å²) < 4.78 is 0. The van der Waals surface area contributed by atoms with E-state index in [2.05, 4.69) is 0 Å². The second kappa shape index (κ2) is 6.60. The van der Waals surface area contributed by atoms with Crippen LogP contribution in [0.5, 0.6) is 0 Å². The Hall–Kier alpha value is -2.09. The molecular formula is C16H19NO. The van der Waals surface area contributed by atoms with Gasteiger partial charge in [0.05, 0.1) is 0 Å². The van der Waals surface area contributed by atoms with Crippen molar-refractivity contribution in [3.63, 3.8) is 0 Å². The molecular weight excluding hydrogens is 222 g/mol. The molecule has 94 valence electrons. The van der Waals surface area contributed by atoms with E-state index in [4.69, 9.17) is 5.73 Å². The number of amides is 1. The fraction of sp³-hybridized carbons (Fsp3) is 0.188. The average molecular weight is 241 g/mol. The number of hydrogen-bond donors (Lipinski definition) is 1. The van der Waals surface area contributed by atoms with Gasteiger partial charge in [-0.3, -0.25) is 4.79 Å². The van der Waals surface area contributed by atoms with Crippen molar-refractivity contribution >= 4 is 5.91 Å². The first-order valence-corrected chi connectivity index (χ1v) is 6.14. The second-order valence-electron chi connectivity index (χ2n) is 3.81. The Bertz CT molecular complexity index is 515. The van der Waals surface area contributed by atoms with Gasteiger partial charge in [0.25, 0.3) is 0 Å². The predicted molar refractivity (Wildman–Crippen MR) is 76.5 cm³/mol. The topological polar surface area (TPSA) is 43.1 Å². The summed E-state index contributed by atoms with van der Waals surface area (Å²) >= 11 is 0. The molecule has 0 aliphatic carbocycles. The molecule has 0 saturated heterocycles. The quantitative estimate of drug-likeness (QED) is 0.854. The van der Waals surface area contributed by atoms with E-state index in [1.54, 1.807) is 6.07 Å². The lowest BCUT2D eigenvalue weighted by Crippen LogP contribution is -2.10. The molecule has 0 saturated carbocycles. The van der Waals surface area contributed by atoms with Crippen LogP contribution in [0.4, 0.5) is 0 Å². The molecule has 0 radical (unpaired) electrons. The number of carbonyl (C=O) groups is 1. The van der Waals surface area contributed by atoms with E-state index in [0.29, 0.717) is 5.56 Å². The third-order valence-corrected chi connectivity index (χ3v) is 2.53. The van der Waals surface area contributed by atoms with Gasteiger partial charge in [0, 0.05) is 5.56 Å². The Balaban J connectivity index is 0.000000771. The van der Waals surface area contributed by atoms with Crippen LogP contribution < -0.4 is 5.73 Å². The highest BCUT2D eigenvalue weighted by atomic mass is 16.1. The highest BCUT2D eigenvalue weighted by molar-refractivity contribution is 5.94. The van der Waals surface area contributed by atoms with Gasteiger partial charge >= 0.3 is 0 Å². The Morgan fingerprint density at radius 3 is 2.11 bits per heavy atom. The molecule has 0 fully saturated rings. The summed E-state index contributed by atoms with van der Waals surface area (Å²) in [4.78, 5) is 11.1. The third kappa shape index (κ3) is 3.45. The van der Waals surface area contributed by atoms with Crippen LogP contribution in [0.25, 0.3) is 11.1 Å². The number of aryl methyl sites for hydroxylation is 1. The average Bonchev–Trinajstić information content (AvgIpc) is 2.42. The normalized spacial score (nSPS) is 9.28. The maximum absolute atomic E-state index is 11.1. The number of primary amides is 1. The molecule has 0 unspecified atom stereocenters. The molecule has 2 nitrogen and oxygen atoms in total. The van der Waals surface area contributed by atoms with Gasteiger partial charge in [-0.05, 0) is 30.2 Å². The molecule has 2 aromatic carbocycles. The van der Waals surface area contributed by atoms with Crippen molar-refractivity contribution in [3.8, 4) is 11.1 Å². The van der Waals surface area contributed by atoms with Gasteiger partial charge < -0.3 is 5.73 Å². The molecule has 0 heterocycles. The van der Waals surface area contributed by atoms with Gasteiger partial charge in [0.1, 0.15) is 0 Å². The predicted octanol–water partition coefficient (Wildman–Crippen LogP) is 3.79. The van der Waals surface area contributed by atoms with Crippen molar-refractivity contribution < 1.29 is 4.79 Å². The van der Waals surface area contributed by atoms with Crippen molar-refractivity contribution in [1.29, 1.82) is 0 Å². The van der Waals surface area contributed by atoms with Crippen LogP contribution >= 0.6 is 0 Å². The molecule has 0 bridgehead atoms. The van der Waals surface area contributed by atoms with E-state index >= 15 is 0 Å². The molecule has 0 spiro atoms. The van der Waals surface area contributed by atoms with Crippen LogP contribution in [-0.4, -0.2) is 5.91 Å². The first kappa shape index (κ1) is 14.0. The van der Waals surface area contributed by atoms with Crippen molar-refractivity contribution in [2.75, 3.05) is 0 Å².